The zero-order chi connectivity index (χ0) is 14.5. The molecule has 0 saturated heterocycles. The van der Waals surface area contributed by atoms with Crippen LogP contribution in [0.5, 0.6) is 0 Å². The summed E-state index contributed by atoms with van der Waals surface area (Å²) in [6.07, 6.45) is 1.27. The summed E-state index contributed by atoms with van der Waals surface area (Å²) < 4.78 is 0. The molecule has 0 spiro atoms. The number of hydrogen-bond donors (Lipinski definition) is 2. The van der Waals surface area contributed by atoms with Crippen LogP contribution in [0.1, 0.15) is 29.8 Å². The van der Waals surface area contributed by atoms with E-state index >= 15 is 0 Å². The zero-order valence-corrected chi connectivity index (χ0v) is 12.0. The fourth-order valence-electron chi connectivity index (χ4n) is 2.26. The highest BCUT2D eigenvalue weighted by Crippen LogP contribution is 2.33. The number of hydrogen-bond acceptors (Lipinski definition) is 3. The van der Waals surface area contributed by atoms with Crippen LogP contribution in [0.15, 0.2) is 11.4 Å². The second kappa shape index (κ2) is 6.44. The van der Waals surface area contributed by atoms with Crippen molar-refractivity contribution in [2.24, 2.45) is 0 Å². The first-order valence-electron chi connectivity index (χ1n) is 6.38. The van der Waals surface area contributed by atoms with Gasteiger partial charge in [0.2, 0.25) is 0 Å². The first kappa shape index (κ1) is 14.4. The van der Waals surface area contributed by atoms with E-state index in [-0.39, 0.29) is 6.03 Å². The van der Waals surface area contributed by atoms with E-state index in [1.54, 1.807) is 24.3 Å². The summed E-state index contributed by atoms with van der Waals surface area (Å²) in [5.41, 5.74) is 0.734. The fraction of sp³-hybridized carbons (Fsp3) is 0.429. The van der Waals surface area contributed by atoms with E-state index in [0.717, 1.165) is 10.4 Å². The fourth-order valence-corrected chi connectivity index (χ4v) is 3.16. The van der Waals surface area contributed by atoms with Crippen molar-refractivity contribution in [3.05, 3.63) is 21.9 Å². The molecule has 0 aromatic carbocycles. The summed E-state index contributed by atoms with van der Waals surface area (Å²) in [6, 6.07) is 0.565. The van der Waals surface area contributed by atoms with E-state index in [1.165, 1.54) is 4.90 Å². The predicted octanol–water partition coefficient (Wildman–Crippen LogP) is 1.85. The van der Waals surface area contributed by atoms with Gasteiger partial charge in [-0.3, -0.25) is 0 Å². The van der Waals surface area contributed by atoms with Gasteiger partial charge in [-0.1, -0.05) is 0 Å². The average Bonchev–Trinajstić information content (AvgIpc) is 2.90. The van der Waals surface area contributed by atoms with Crippen molar-refractivity contribution in [2.75, 3.05) is 13.1 Å². The van der Waals surface area contributed by atoms with Crippen LogP contribution in [-0.4, -0.2) is 35.1 Å². The molecular formula is C14H16N2O3S. The van der Waals surface area contributed by atoms with E-state index in [4.69, 9.17) is 0 Å². The van der Waals surface area contributed by atoms with E-state index in [0.29, 0.717) is 25.9 Å². The van der Waals surface area contributed by atoms with Crippen LogP contribution in [-0.2, 0) is 11.2 Å². The van der Waals surface area contributed by atoms with Crippen LogP contribution >= 0.6 is 11.3 Å². The molecule has 1 aromatic heterocycles. The Labute approximate surface area is 121 Å². The minimum absolute atomic E-state index is 0.341. The first-order chi connectivity index (χ1) is 9.65. The van der Waals surface area contributed by atoms with Gasteiger partial charge in [-0.25, -0.2) is 9.59 Å². The van der Waals surface area contributed by atoms with Gasteiger partial charge >= 0.3 is 12.0 Å². The first-order valence-corrected chi connectivity index (χ1v) is 7.26. The number of nitrogens with one attached hydrogen (secondary N) is 1. The van der Waals surface area contributed by atoms with Gasteiger partial charge in [0.15, 0.2) is 6.04 Å². The van der Waals surface area contributed by atoms with Crippen molar-refractivity contribution >= 4 is 23.3 Å². The summed E-state index contributed by atoms with van der Waals surface area (Å²) in [6.45, 7) is 2.60. The minimum atomic E-state index is -0.993. The smallest absolute Gasteiger partial charge is 0.331 e. The van der Waals surface area contributed by atoms with E-state index < -0.39 is 12.0 Å². The number of rotatable bonds is 3. The molecule has 106 valence electrons. The van der Waals surface area contributed by atoms with Crippen LogP contribution in [0.25, 0.3) is 0 Å². The lowest BCUT2D eigenvalue weighted by atomic mass is 10.0. The van der Waals surface area contributed by atoms with Crippen LogP contribution in [0.2, 0.25) is 0 Å². The molecule has 2 amide bonds. The van der Waals surface area contributed by atoms with Crippen LogP contribution in [0, 0.1) is 11.8 Å². The van der Waals surface area contributed by atoms with Gasteiger partial charge in [-0.15, -0.1) is 23.2 Å². The van der Waals surface area contributed by atoms with E-state index in [1.807, 2.05) is 5.38 Å². The Balaban J connectivity index is 2.08. The van der Waals surface area contributed by atoms with Crippen LogP contribution < -0.4 is 5.32 Å². The molecule has 0 saturated carbocycles. The highest BCUT2D eigenvalue weighted by atomic mass is 32.1. The Morgan fingerprint density at radius 1 is 1.60 bits per heavy atom. The summed E-state index contributed by atoms with van der Waals surface area (Å²) in [5.74, 6) is 4.61. The number of aliphatic carboxylic acids is 1. The molecule has 1 aromatic rings. The molecule has 1 atom stereocenters. The highest BCUT2D eigenvalue weighted by molar-refractivity contribution is 7.10. The molecule has 6 heteroatoms. The number of nitrogens with zero attached hydrogens (tertiary/aromatic N) is 1. The zero-order valence-electron chi connectivity index (χ0n) is 11.2. The van der Waals surface area contributed by atoms with Gasteiger partial charge in [0.05, 0.1) is 0 Å². The molecule has 1 aliphatic heterocycles. The Bertz CT molecular complexity index is 570. The number of fused-ring (bicyclic) bond motifs is 1. The van der Waals surface area contributed by atoms with Gasteiger partial charge in [-0.05, 0) is 30.4 Å². The summed E-state index contributed by atoms with van der Waals surface area (Å²) in [4.78, 5) is 26.0. The molecule has 2 N–H and O–H groups in total. The predicted molar refractivity (Wildman–Crippen MR) is 76.6 cm³/mol. The second-order valence-corrected chi connectivity index (χ2v) is 5.39. The monoisotopic (exact) mass is 292 g/mol. The number of carboxylic acid groups (broad SMARTS) is 1. The van der Waals surface area contributed by atoms with Crippen molar-refractivity contribution in [3.8, 4) is 11.8 Å². The summed E-state index contributed by atoms with van der Waals surface area (Å²) in [5, 5.41) is 14.0. The average molecular weight is 292 g/mol. The van der Waals surface area contributed by atoms with Crippen molar-refractivity contribution in [1.29, 1.82) is 0 Å². The normalized spacial score (nSPS) is 16.9. The number of carboxylic acids is 1. The highest BCUT2D eigenvalue weighted by Gasteiger charge is 2.36. The maximum Gasteiger partial charge on any atom is 0.331 e. The number of carbonyl (C=O) groups is 2. The molecule has 0 bridgehead atoms. The molecular weight excluding hydrogens is 276 g/mol. The van der Waals surface area contributed by atoms with Crippen LogP contribution in [0.4, 0.5) is 4.79 Å². The largest absolute Gasteiger partial charge is 0.479 e. The van der Waals surface area contributed by atoms with Crippen molar-refractivity contribution in [2.45, 2.75) is 25.8 Å². The quantitative estimate of drug-likeness (QED) is 0.660. The van der Waals surface area contributed by atoms with Crippen molar-refractivity contribution in [1.82, 2.24) is 10.2 Å². The maximum atomic E-state index is 12.1. The van der Waals surface area contributed by atoms with Gasteiger partial charge in [0.25, 0.3) is 0 Å². The topological polar surface area (TPSA) is 69.6 Å². The van der Waals surface area contributed by atoms with Gasteiger partial charge in [0.1, 0.15) is 0 Å². The molecule has 0 aliphatic carbocycles. The standard InChI is InChI=1S/C14H16N2O3S/c1-2-3-4-7-15-14(19)16-8-5-11-10(6-9-20-11)12(16)13(17)18/h6,9,12H,4-5,7-8H2,1H3,(H,15,19)(H,17,18). The van der Waals surface area contributed by atoms with Crippen molar-refractivity contribution < 1.29 is 14.7 Å². The molecule has 2 heterocycles. The Hall–Kier alpha value is -2.00. The van der Waals surface area contributed by atoms with Gasteiger partial charge in [-0.2, -0.15) is 0 Å². The van der Waals surface area contributed by atoms with Gasteiger partial charge in [0, 0.05) is 24.4 Å². The molecule has 1 unspecified atom stereocenters. The SMILES string of the molecule is CC#CCCNC(=O)N1CCc2sccc2C1C(=O)O. The van der Waals surface area contributed by atoms with E-state index in [2.05, 4.69) is 17.2 Å². The lowest BCUT2D eigenvalue weighted by Gasteiger charge is -2.33. The maximum absolute atomic E-state index is 12.1. The lowest BCUT2D eigenvalue weighted by molar-refractivity contribution is -0.142. The number of carbonyl (C=O) groups excluding carboxylic acids is 1. The minimum Gasteiger partial charge on any atom is -0.479 e. The number of thiophene rings is 1. The third-order valence-corrected chi connectivity index (χ3v) is 4.16. The number of amides is 2. The Kier molecular flexibility index (Phi) is 4.64. The number of urea groups is 1. The third-order valence-electron chi connectivity index (χ3n) is 3.16. The molecule has 0 fully saturated rings. The van der Waals surface area contributed by atoms with Crippen LogP contribution in [0.3, 0.4) is 0 Å². The van der Waals surface area contributed by atoms with E-state index in [9.17, 15) is 14.7 Å². The molecule has 1 aliphatic rings. The summed E-state index contributed by atoms with van der Waals surface area (Å²) in [7, 11) is 0. The third kappa shape index (κ3) is 2.94. The summed E-state index contributed by atoms with van der Waals surface area (Å²) >= 11 is 1.54. The van der Waals surface area contributed by atoms with Crippen molar-refractivity contribution in [3.63, 3.8) is 0 Å². The second-order valence-electron chi connectivity index (χ2n) is 4.39. The Morgan fingerprint density at radius 3 is 3.10 bits per heavy atom. The molecule has 5 nitrogen and oxygen atoms in total. The molecule has 20 heavy (non-hydrogen) atoms. The van der Waals surface area contributed by atoms with Gasteiger partial charge < -0.3 is 15.3 Å². The Morgan fingerprint density at radius 2 is 2.40 bits per heavy atom. The molecule has 0 radical (unpaired) electrons. The molecule has 2 rings (SSSR count). The lowest BCUT2D eigenvalue weighted by Crippen LogP contribution is -2.48.